The second-order valence-electron chi connectivity index (χ2n) is 6.38. The highest BCUT2D eigenvalue weighted by atomic mass is 32.2. The van der Waals surface area contributed by atoms with Crippen LogP contribution in [0.3, 0.4) is 0 Å². The molecule has 162 valence electrons. The second kappa shape index (κ2) is 9.04. The largest absolute Gasteiger partial charge is 0.416 e. The Labute approximate surface area is 176 Å². The van der Waals surface area contributed by atoms with E-state index in [1.165, 1.54) is 30.3 Å². The minimum absolute atomic E-state index is 0.175. The Hall–Kier alpha value is -3.60. The maximum absolute atomic E-state index is 12.8. The maximum Gasteiger partial charge on any atom is 0.416 e. The number of pyridine rings is 1. The van der Waals surface area contributed by atoms with Gasteiger partial charge in [0.05, 0.1) is 10.5 Å². The Morgan fingerprint density at radius 3 is 2.35 bits per heavy atom. The van der Waals surface area contributed by atoms with Crippen LogP contribution in [0, 0.1) is 0 Å². The molecule has 0 aliphatic carbocycles. The van der Waals surface area contributed by atoms with Crippen molar-refractivity contribution in [2.24, 2.45) is 0 Å². The number of anilines is 2. The van der Waals surface area contributed by atoms with Crippen LogP contribution in [0.5, 0.6) is 0 Å². The van der Waals surface area contributed by atoms with Gasteiger partial charge in [-0.2, -0.15) is 13.2 Å². The van der Waals surface area contributed by atoms with Gasteiger partial charge in [-0.25, -0.2) is 13.2 Å². The molecule has 0 radical (unpaired) electrons. The summed E-state index contributed by atoms with van der Waals surface area (Å²) in [6.45, 7) is 0.257. The molecule has 3 rings (SSSR count). The number of aromatic nitrogens is 1. The van der Waals surface area contributed by atoms with Gasteiger partial charge in [-0.15, -0.1) is 0 Å². The summed E-state index contributed by atoms with van der Waals surface area (Å²) in [6, 6.07) is 12.1. The van der Waals surface area contributed by atoms with Crippen molar-refractivity contribution in [1.29, 1.82) is 0 Å². The highest BCUT2D eigenvalue weighted by Crippen LogP contribution is 2.31. The van der Waals surface area contributed by atoms with Crippen molar-refractivity contribution in [1.82, 2.24) is 10.3 Å². The second-order valence-corrected chi connectivity index (χ2v) is 8.06. The number of nitrogens with one attached hydrogen (secondary N) is 3. The van der Waals surface area contributed by atoms with E-state index in [1.807, 2.05) is 0 Å². The molecule has 0 aliphatic rings. The van der Waals surface area contributed by atoms with Crippen molar-refractivity contribution in [3.63, 3.8) is 0 Å². The molecule has 2 aromatic carbocycles. The van der Waals surface area contributed by atoms with Gasteiger partial charge >= 0.3 is 12.2 Å². The summed E-state index contributed by atoms with van der Waals surface area (Å²) < 4.78 is 65.4. The summed E-state index contributed by atoms with van der Waals surface area (Å²) in [7, 11) is -4.12. The van der Waals surface area contributed by atoms with E-state index in [9.17, 15) is 26.4 Å². The minimum Gasteiger partial charge on any atom is -0.334 e. The molecule has 0 spiro atoms. The molecule has 11 heteroatoms. The summed E-state index contributed by atoms with van der Waals surface area (Å²) in [5, 5.41) is 5.18. The molecule has 0 aliphatic heterocycles. The molecule has 7 nitrogen and oxygen atoms in total. The fourth-order valence-corrected chi connectivity index (χ4v) is 3.60. The Balaban J connectivity index is 1.63. The van der Waals surface area contributed by atoms with Crippen LogP contribution in [0.15, 0.2) is 78.0 Å². The lowest BCUT2D eigenvalue weighted by Gasteiger charge is -2.12. The summed E-state index contributed by atoms with van der Waals surface area (Å²) in [5.41, 5.74) is -0.0437. The summed E-state index contributed by atoms with van der Waals surface area (Å²) in [6.07, 6.45) is -1.37. The van der Waals surface area contributed by atoms with Crippen LogP contribution in [0.1, 0.15) is 11.1 Å². The van der Waals surface area contributed by atoms with Gasteiger partial charge in [0.25, 0.3) is 10.0 Å². The number of rotatable bonds is 6. The molecule has 0 fully saturated rings. The summed E-state index contributed by atoms with van der Waals surface area (Å²) in [5.74, 6) is 0. The average Bonchev–Trinajstić information content (AvgIpc) is 2.73. The highest BCUT2D eigenvalue weighted by Gasteiger charge is 2.30. The van der Waals surface area contributed by atoms with E-state index >= 15 is 0 Å². The van der Waals surface area contributed by atoms with Gasteiger partial charge in [0, 0.05) is 30.3 Å². The Bertz CT molecular complexity index is 1150. The van der Waals surface area contributed by atoms with Crippen LogP contribution in [0.25, 0.3) is 0 Å². The molecule has 0 unspecified atom stereocenters. The van der Waals surface area contributed by atoms with E-state index in [1.54, 1.807) is 24.5 Å². The number of nitrogens with zero attached hydrogens (tertiary/aromatic N) is 1. The molecule has 1 heterocycles. The quantitative estimate of drug-likeness (QED) is 0.523. The number of urea groups is 1. The first kappa shape index (κ1) is 22.1. The number of carbonyl (C=O) groups excluding carboxylic acids is 1. The zero-order valence-corrected chi connectivity index (χ0v) is 16.7. The molecular formula is C20H17F3N4O3S. The van der Waals surface area contributed by atoms with Gasteiger partial charge in [-0.05, 0) is 54.1 Å². The third kappa shape index (κ3) is 6.19. The first-order chi connectivity index (χ1) is 14.6. The summed E-state index contributed by atoms with van der Waals surface area (Å²) >= 11 is 0. The van der Waals surface area contributed by atoms with E-state index in [0.29, 0.717) is 11.8 Å². The van der Waals surface area contributed by atoms with Gasteiger partial charge in [0.15, 0.2) is 0 Å². The SMILES string of the molecule is O=C(NCc1cccnc1)Nc1ccc(S(=O)(=O)Nc2cccc(C(F)(F)F)c2)cc1. The number of sulfonamides is 1. The van der Waals surface area contributed by atoms with Gasteiger partial charge in [0.1, 0.15) is 0 Å². The Morgan fingerprint density at radius 2 is 1.71 bits per heavy atom. The normalized spacial score (nSPS) is 11.6. The van der Waals surface area contributed by atoms with Crippen LogP contribution in [0.2, 0.25) is 0 Å². The van der Waals surface area contributed by atoms with Crippen molar-refractivity contribution in [3.05, 3.63) is 84.2 Å². The molecule has 1 aromatic heterocycles. The first-order valence-electron chi connectivity index (χ1n) is 8.87. The third-order valence-electron chi connectivity index (χ3n) is 4.04. The third-order valence-corrected chi connectivity index (χ3v) is 5.44. The lowest BCUT2D eigenvalue weighted by atomic mass is 10.2. The fourth-order valence-electron chi connectivity index (χ4n) is 2.55. The molecule has 31 heavy (non-hydrogen) atoms. The summed E-state index contributed by atoms with van der Waals surface area (Å²) in [4.78, 5) is 15.7. The Morgan fingerprint density at radius 1 is 0.968 bits per heavy atom. The number of amides is 2. The number of carbonyl (C=O) groups is 1. The number of halogens is 3. The molecular weight excluding hydrogens is 433 g/mol. The van der Waals surface area contributed by atoms with Gasteiger partial charge in [0.2, 0.25) is 0 Å². The fraction of sp³-hybridized carbons (Fsp3) is 0.100. The number of hydrogen-bond acceptors (Lipinski definition) is 4. The smallest absolute Gasteiger partial charge is 0.334 e. The predicted octanol–water partition coefficient (Wildman–Crippen LogP) is 4.22. The van der Waals surface area contributed by atoms with E-state index in [4.69, 9.17) is 0 Å². The van der Waals surface area contributed by atoms with Crippen LogP contribution in [0.4, 0.5) is 29.3 Å². The van der Waals surface area contributed by atoms with E-state index < -0.39 is 27.8 Å². The zero-order valence-electron chi connectivity index (χ0n) is 15.8. The van der Waals surface area contributed by atoms with Crippen molar-refractivity contribution >= 4 is 27.4 Å². The number of hydrogen-bond donors (Lipinski definition) is 3. The highest BCUT2D eigenvalue weighted by molar-refractivity contribution is 7.92. The van der Waals surface area contributed by atoms with Gasteiger partial charge < -0.3 is 10.6 Å². The van der Waals surface area contributed by atoms with E-state index in [2.05, 4.69) is 20.3 Å². The lowest BCUT2D eigenvalue weighted by Crippen LogP contribution is -2.28. The molecule has 3 aromatic rings. The van der Waals surface area contributed by atoms with Crippen LogP contribution >= 0.6 is 0 Å². The first-order valence-corrected chi connectivity index (χ1v) is 10.4. The predicted molar refractivity (Wildman–Crippen MR) is 109 cm³/mol. The van der Waals surface area contributed by atoms with Crippen molar-refractivity contribution in [2.75, 3.05) is 10.0 Å². The van der Waals surface area contributed by atoms with Crippen molar-refractivity contribution in [2.45, 2.75) is 17.6 Å². The standard InChI is InChI=1S/C20H17F3N4O3S/c21-20(22,23)15-4-1-5-17(11-15)27-31(29,30)18-8-6-16(7-9-18)26-19(28)25-13-14-3-2-10-24-12-14/h1-12,27H,13H2,(H2,25,26,28). The molecule has 0 bridgehead atoms. The molecule has 0 atom stereocenters. The average molecular weight is 450 g/mol. The molecule has 2 amide bonds. The molecule has 3 N–H and O–H groups in total. The van der Waals surface area contributed by atoms with E-state index in [0.717, 1.165) is 17.7 Å². The van der Waals surface area contributed by atoms with Crippen molar-refractivity contribution < 1.29 is 26.4 Å². The zero-order chi connectivity index (χ0) is 22.5. The van der Waals surface area contributed by atoms with Crippen LogP contribution in [-0.2, 0) is 22.7 Å². The number of benzene rings is 2. The monoisotopic (exact) mass is 450 g/mol. The van der Waals surface area contributed by atoms with Gasteiger partial charge in [-0.1, -0.05) is 12.1 Å². The van der Waals surface area contributed by atoms with E-state index in [-0.39, 0.29) is 17.1 Å². The van der Waals surface area contributed by atoms with Crippen molar-refractivity contribution in [3.8, 4) is 0 Å². The molecule has 0 saturated carbocycles. The lowest BCUT2D eigenvalue weighted by molar-refractivity contribution is -0.137. The van der Waals surface area contributed by atoms with Crippen LogP contribution in [-0.4, -0.2) is 19.4 Å². The van der Waals surface area contributed by atoms with Gasteiger partial charge in [-0.3, -0.25) is 9.71 Å². The maximum atomic E-state index is 12.8. The molecule has 0 saturated heterocycles. The Kier molecular flexibility index (Phi) is 6.44. The van der Waals surface area contributed by atoms with Crippen LogP contribution < -0.4 is 15.4 Å². The minimum atomic E-state index is -4.59. The topological polar surface area (TPSA) is 100 Å². The number of alkyl halides is 3.